The number of nitrogens with two attached hydrogens (primary N) is 1. The van der Waals surface area contributed by atoms with Crippen LogP contribution >= 0.6 is 0 Å². The summed E-state index contributed by atoms with van der Waals surface area (Å²) in [6.07, 6.45) is 0. The molecule has 0 atom stereocenters. The van der Waals surface area contributed by atoms with Gasteiger partial charge in [-0.3, -0.25) is 25.0 Å². The number of benzene rings is 2. The number of nitrogens with zero attached hydrogens (tertiary/aromatic N) is 2. The third kappa shape index (κ3) is 3.79. The number of hydrogen-bond donors (Lipinski definition) is 1. The molecule has 118 valence electrons. The first-order valence-electron chi connectivity index (χ1n) is 6.33. The summed E-state index contributed by atoms with van der Waals surface area (Å²) in [6, 6.07) is 9.22. The van der Waals surface area contributed by atoms with Gasteiger partial charge in [0.15, 0.2) is 0 Å². The summed E-state index contributed by atoms with van der Waals surface area (Å²) < 4.78 is 5.35. The number of nitro groups is 2. The van der Waals surface area contributed by atoms with Gasteiger partial charge in [0.05, 0.1) is 21.5 Å². The van der Waals surface area contributed by atoms with Crippen LogP contribution in [0.4, 0.5) is 11.4 Å². The first kappa shape index (κ1) is 15.9. The predicted octanol–water partition coefficient (Wildman–Crippen LogP) is 2.18. The van der Waals surface area contributed by atoms with Crippen molar-refractivity contribution in [1.82, 2.24) is 0 Å². The van der Waals surface area contributed by atoms with Crippen LogP contribution in [0.25, 0.3) is 0 Å². The molecule has 23 heavy (non-hydrogen) atoms. The fourth-order valence-corrected chi connectivity index (χ4v) is 1.86. The Kier molecular flexibility index (Phi) is 4.50. The van der Waals surface area contributed by atoms with E-state index in [1.807, 2.05) is 0 Å². The van der Waals surface area contributed by atoms with E-state index in [0.29, 0.717) is 0 Å². The Morgan fingerprint density at radius 1 is 1.09 bits per heavy atom. The Balaban J connectivity index is 2.23. The molecule has 0 saturated heterocycles. The zero-order valence-corrected chi connectivity index (χ0v) is 11.7. The van der Waals surface area contributed by atoms with Gasteiger partial charge in [0, 0.05) is 17.7 Å². The quantitative estimate of drug-likeness (QED) is 0.639. The molecule has 0 saturated carbocycles. The lowest BCUT2D eigenvalue weighted by Crippen LogP contribution is -2.12. The summed E-state index contributed by atoms with van der Waals surface area (Å²) in [4.78, 5) is 31.6. The molecular weight excluding hydrogens is 306 g/mol. The van der Waals surface area contributed by atoms with Crippen LogP contribution in [0.5, 0.6) is 5.75 Å². The fraction of sp³-hybridized carbons (Fsp3) is 0.0714. The van der Waals surface area contributed by atoms with E-state index in [2.05, 4.69) is 0 Å². The number of ether oxygens (including phenoxy) is 1. The standard InChI is InChI=1S/C14H11N3O6/c15-14(18)9-4-5-10(13(6-9)17(21)22)8-23-12-3-1-2-11(7-12)16(19)20/h1-7H,8H2,(H2,15,18). The van der Waals surface area contributed by atoms with Crippen molar-refractivity contribution in [3.8, 4) is 5.75 Å². The van der Waals surface area contributed by atoms with E-state index < -0.39 is 15.8 Å². The van der Waals surface area contributed by atoms with Crippen molar-refractivity contribution in [2.75, 3.05) is 0 Å². The average Bonchev–Trinajstić information content (AvgIpc) is 2.52. The molecular formula is C14H11N3O6. The number of hydrogen-bond acceptors (Lipinski definition) is 6. The van der Waals surface area contributed by atoms with Crippen molar-refractivity contribution in [2.45, 2.75) is 6.61 Å². The van der Waals surface area contributed by atoms with Gasteiger partial charge in [-0.2, -0.15) is 0 Å². The van der Waals surface area contributed by atoms with Crippen molar-refractivity contribution in [3.05, 3.63) is 73.8 Å². The summed E-state index contributed by atoms with van der Waals surface area (Å²) in [6.45, 7) is -0.184. The molecule has 2 rings (SSSR count). The number of rotatable bonds is 6. The normalized spacial score (nSPS) is 10.1. The highest BCUT2D eigenvalue weighted by atomic mass is 16.6. The summed E-state index contributed by atoms with van der Waals surface area (Å²) in [5, 5.41) is 21.7. The molecule has 2 aromatic carbocycles. The fourth-order valence-electron chi connectivity index (χ4n) is 1.86. The van der Waals surface area contributed by atoms with E-state index in [9.17, 15) is 25.0 Å². The van der Waals surface area contributed by atoms with Crippen LogP contribution in [-0.4, -0.2) is 15.8 Å². The SMILES string of the molecule is NC(=O)c1ccc(COc2cccc([N+](=O)[O-])c2)c([N+](=O)[O-])c1. The van der Waals surface area contributed by atoms with Gasteiger partial charge in [-0.05, 0) is 18.2 Å². The molecule has 0 fully saturated rings. The molecule has 0 radical (unpaired) electrons. The largest absolute Gasteiger partial charge is 0.488 e. The lowest BCUT2D eigenvalue weighted by molar-refractivity contribution is -0.385. The lowest BCUT2D eigenvalue weighted by atomic mass is 10.1. The smallest absolute Gasteiger partial charge is 0.276 e. The number of carbonyl (C=O) groups is 1. The van der Waals surface area contributed by atoms with Gasteiger partial charge < -0.3 is 10.5 Å². The predicted molar refractivity (Wildman–Crippen MR) is 79.0 cm³/mol. The summed E-state index contributed by atoms with van der Waals surface area (Å²) >= 11 is 0. The Morgan fingerprint density at radius 3 is 2.43 bits per heavy atom. The van der Waals surface area contributed by atoms with Crippen LogP contribution in [0.2, 0.25) is 0 Å². The molecule has 9 heteroatoms. The van der Waals surface area contributed by atoms with Gasteiger partial charge >= 0.3 is 0 Å². The van der Waals surface area contributed by atoms with Gasteiger partial charge in [0.2, 0.25) is 5.91 Å². The molecule has 0 aliphatic rings. The van der Waals surface area contributed by atoms with Crippen LogP contribution in [0.15, 0.2) is 42.5 Å². The van der Waals surface area contributed by atoms with E-state index in [-0.39, 0.29) is 34.9 Å². The molecule has 0 heterocycles. The molecule has 1 amide bonds. The molecule has 0 unspecified atom stereocenters. The minimum Gasteiger partial charge on any atom is -0.488 e. The van der Waals surface area contributed by atoms with Gasteiger partial charge in [0.1, 0.15) is 12.4 Å². The maximum atomic E-state index is 11.1. The third-order valence-corrected chi connectivity index (χ3v) is 2.99. The third-order valence-electron chi connectivity index (χ3n) is 2.99. The molecule has 2 aromatic rings. The minimum absolute atomic E-state index is 0.01000. The molecule has 0 spiro atoms. The highest BCUT2D eigenvalue weighted by Gasteiger charge is 2.17. The Hall–Kier alpha value is -3.49. The van der Waals surface area contributed by atoms with Gasteiger partial charge in [-0.1, -0.05) is 6.07 Å². The first-order valence-corrected chi connectivity index (χ1v) is 6.33. The molecule has 2 N–H and O–H groups in total. The first-order chi connectivity index (χ1) is 10.9. The van der Waals surface area contributed by atoms with E-state index in [0.717, 1.165) is 6.07 Å². The number of primary amides is 1. The van der Waals surface area contributed by atoms with Crippen LogP contribution in [0.1, 0.15) is 15.9 Å². The maximum Gasteiger partial charge on any atom is 0.276 e. The number of amides is 1. The molecule has 0 aliphatic carbocycles. The second-order valence-electron chi connectivity index (χ2n) is 4.51. The summed E-state index contributed by atoms with van der Waals surface area (Å²) in [7, 11) is 0. The zero-order valence-electron chi connectivity index (χ0n) is 11.7. The number of nitro benzene ring substituents is 2. The van der Waals surface area contributed by atoms with E-state index in [1.165, 1.54) is 36.4 Å². The second-order valence-corrected chi connectivity index (χ2v) is 4.51. The van der Waals surface area contributed by atoms with Crippen LogP contribution in [0.3, 0.4) is 0 Å². The van der Waals surface area contributed by atoms with Gasteiger partial charge in [-0.25, -0.2) is 0 Å². The molecule has 9 nitrogen and oxygen atoms in total. The zero-order chi connectivity index (χ0) is 17.0. The molecule has 0 aromatic heterocycles. The van der Waals surface area contributed by atoms with Gasteiger partial charge in [0.25, 0.3) is 11.4 Å². The number of non-ortho nitro benzene ring substituents is 1. The van der Waals surface area contributed by atoms with Crippen LogP contribution < -0.4 is 10.5 Å². The monoisotopic (exact) mass is 317 g/mol. The van der Waals surface area contributed by atoms with Crippen LogP contribution in [-0.2, 0) is 6.61 Å². The van der Waals surface area contributed by atoms with Crippen molar-refractivity contribution >= 4 is 17.3 Å². The Morgan fingerprint density at radius 2 is 1.83 bits per heavy atom. The van der Waals surface area contributed by atoms with Crippen molar-refractivity contribution in [2.24, 2.45) is 5.73 Å². The van der Waals surface area contributed by atoms with E-state index in [1.54, 1.807) is 0 Å². The highest BCUT2D eigenvalue weighted by Crippen LogP contribution is 2.24. The second kappa shape index (κ2) is 6.52. The minimum atomic E-state index is -0.778. The maximum absolute atomic E-state index is 11.1. The Bertz CT molecular complexity index is 790. The molecule has 0 aliphatic heterocycles. The van der Waals surface area contributed by atoms with Crippen molar-refractivity contribution in [3.63, 3.8) is 0 Å². The van der Waals surface area contributed by atoms with E-state index >= 15 is 0 Å². The van der Waals surface area contributed by atoms with Gasteiger partial charge in [-0.15, -0.1) is 0 Å². The Labute approximate surface area is 129 Å². The lowest BCUT2D eigenvalue weighted by Gasteiger charge is -2.07. The topological polar surface area (TPSA) is 139 Å². The van der Waals surface area contributed by atoms with E-state index in [4.69, 9.17) is 10.5 Å². The van der Waals surface area contributed by atoms with Crippen LogP contribution in [0, 0.1) is 20.2 Å². The van der Waals surface area contributed by atoms with Crippen molar-refractivity contribution < 1.29 is 19.4 Å². The number of carbonyl (C=O) groups excluding carboxylic acids is 1. The highest BCUT2D eigenvalue weighted by molar-refractivity contribution is 5.93. The van der Waals surface area contributed by atoms with Crippen molar-refractivity contribution in [1.29, 1.82) is 0 Å². The summed E-state index contributed by atoms with van der Waals surface area (Å²) in [5.41, 5.74) is 4.85. The molecule has 0 bridgehead atoms. The summed E-state index contributed by atoms with van der Waals surface area (Å²) in [5.74, 6) is -0.577. The average molecular weight is 317 g/mol.